The van der Waals surface area contributed by atoms with Crippen LogP contribution in [-0.2, 0) is 16.9 Å². The van der Waals surface area contributed by atoms with E-state index in [4.69, 9.17) is 0 Å². The monoisotopic (exact) mass is 444 g/mol. The molecule has 24 heavy (non-hydrogen) atoms. The van der Waals surface area contributed by atoms with Crippen LogP contribution < -0.4 is 5.56 Å². The summed E-state index contributed by atoms with van der Waals surface area (Å²) in [5.41, 5.74) is 0.551. The third-order valence-corrected chi connectivity index (χ3v) is 7.84. The minimum absolute atomic E-state index is 0.0170. The first-order valence-corrected chi connectivity index (χ1v) is 11.2. The second-order valence-corrected chi connectivity index (χ2v) is 10.0. The van der Waals surface area contributed by atoms with Crippen LogP contribution in [0.5, 0.6) is 0 Å². The molecule has 0 unspecified atom stereocenters. The highest BCUT2D eigenvalue weighted by Gasteiger charge is 2.16. The van der Waals surface area contributed by atoms with Crippen molar-refractivity contribution in [2.24, 2.45) is 7.05 Å². The Morgan fingerprint density at radius 1 is 1.25 bits per heavy atom. The number of aromatic nitrogens is 2. The standard InChI is InChI=1S/C15H13BrN2O3S3/c1-18-14(19)13-12(6-7-22-13)17-15(18)23-8-9-24(20,21)11-4-2-10(16)3-5-11/h2-7H,8-9H2,1H3. The number of benzene rings is 1. The summed E-state index contributed by atoms with van der Waals surface area (Å²) in [6.45, 7) is 0. The molecule has 0 N–H and O–H groups in total. The molecular weight excluding hydrogens is 432 g/mol. The number of fused-ring (bicyclic) bond motifs is 1. The number of thiophene rings is 1. The Labute approximate surface area is 155 Å². The van der Waals surface area contributed by atoms with E-state index in [1.54, 1.807) is 37.4 Å². The fourth-order valence-corrected chi connectivity index (χ4v) is 5.79. The molecule has 0 aliphatic rings. The van der Waals surface area contributed by atoms with Crippen molar-refractivity contribution in [1.82, 2.24) is 9.55 Å². The van der Waals surface area contributed by atoms with E-state index in [0.717, 1.165) is 4.47 Å². The summed E-state index contributed by atoms with van der Waals surface area (Å²) in [5.74, 6) is 0.311. The van der Waals surface area contributed by atoms with Crippen molar-refractivity contribution in [2.45, 2.75) is 10.1 Å². The van der Waals surface area contributed by atoms with Crippen LogP contribution in [0.25, 0.3) is 10.2 Å². The highest BCUT2D eigenvalue weighted by molar-refractivity contribution is 9.10. The predicted molar refractivity (Wildman–Crippen MR) is 102 cm³/mol. The Balaban J connectivity index is 1.75. The van der Waals surface area contributed by atoms with Gasteiger partial charge in [0.15, 0.2) is 15.0 Å². The van der Waals surface area contributed by atoms with Gasteiger partial charge in [-0.15, -0.1) is 11.3 Å². The van der Waals surface area contributed by atoms with Crippen LogP contribution in [-0.4, -0.2) is 29.5 Å². The van der Waals surface area contributed by atoms with Gasteiger partial charge in [-0.25, -0.2) is 13.4 Å². The summed E-state index contributed by atoms with van der Waals surface area (Å²) in [6, 6.07) is 8.36. The maximum Gasteiger partial charge on any atom is 0.271 e. The van der Waals surface area contributed by atoms with Crippen molar-refractivity contribution in [3.05, 3.63) is 50.5 Å². The molecule has 0 saturated heterocycles. The van der Waals surface area contributed by atoms with Crippen LogP contribution >= 0.6 is 39.0 Å². The molecule has 0 bridgehead atoms. The molecular formula is C15H13BrN2O3S3. The van der Waals surface area contributed by atoms with Crippen molar-refractivity contribution >= 4 is 59.1 Å². The van der Waals surface area contributed by atoms with Crippen molar-refractivity contribution < 1.29 is 8.42 Å². The normalized spacial score (nSPS) is 11.9. The zero-order valence-electron chi connectivity index (χ0n) is 12.6. The molecule has 3 aromatic rings. The van der Waals surface area contributed by atoms with Gasteiger partial charge in [-0.3, -0.25) is 9.36 Å². The first kappa shape index (κ1) is 17.7. The van der Waals surface area contributed by atoms with Crippen LogP contribution in [0.3, 0.4) is 0 Å². The van der Waals surface area contributed by atoms with Crippen molar-refractivity contribution in [3.63, 3.8) is 0 Å². The van der Waals surface area contributed by atoms with Crippen LogP contribution in [0.4, 0.5) is 0 Å². The summed E-state index contributed by atoms with van der Waals surface area (Å²) < 4.78 is 27.6. The lowest BCUT2D eigenvalue weighted by Gasteiger charge is -2.08. The average molecular weight is 445 g/mol. The Morgan fingerprint density at radius 3 is 2.67 bits per heavy atom. The summed E-state index contributed by atoms with van der Waals surface area (Å²) >= 11 is 5.92. The van der Waals surface area contributed by atoms with E-state index >= 15 is 0 Å². The molecule has 5 nitrogen and oxygen atoms in total. The SMILES string of the molecule is Cn1c(SCCS(=O)(=O)c2ccc(Br)cc2)nc2ccsc2c1=O. The number of hydrogen-bond acceptors (Lipinski definition) is 6. The third kappa shape index (κ3) is 3.58. The number of hydrogen-bond donors (Lipinski definition) is 0. The number of thioether (sulfide) groups is 1. The highest BCUT2D eigenvalue weighted by Crippen LogP contribution is 2.22. The Morgan fingerprint density at radius 2 is 1.96 bits per heavy atom. The van der Waals surface area contributed by atoms with E-state index in [2.05, 4.69) is 20.9 Å². The maximum absolute atomic E-state index is 12.3. The van der Waals surface area contributed by atoms with Crippen molar-refractivity contribution in [3.8, 4) is 0 Å². The number of rotatable bonds is 5. The Bertz CT molecular complexity index is 1040. The highest BCUT2D eigenvalue weighted by atomic mass is 79.9. The van der Waals surface area contributed by atoms with E-state index in [-0.39, 0.29) is 11.3 Å². The number of sulfone groups is 1. The second-order valence-electron chi connectivity index (χ2n) is 5.01. The summed E-state index contributed by atoms with van der Waals surface area (Å²) in [5, 5.41) is 2.35. The molecule has 0 radical (unpaired) electrons. The largest absolute Gasteiger partial charge is 0.290 e. The number of halogens is 1. The molecule has 0 amide bonds. The van der Waals surface area contributed by atoms with Crippen LogP contribution in [0.15, 0.2) is 55.0 Å². The topological polar surface area (TPSA) is 69.0 Å². The summed E-state index contributed by atoms with van der Waals surface area (Å²) in [4.78, 5) is 16.9. The lowest BCUT2D eigenvalue weighted by Crippen LogP contribution is -2.19. The molecule has 0 aliphatic heterocycles. The lowest BCUT2D eigenvalue weighted by molar-refractivity contribution is 0.597. The molecule has 0 saturated carbocycles. The maximum atomic E-state index is 12.3. The van der Waals surface area contributed by atoms with Gasteiger partial charge in [0, 0.05) is 17.3 Å². The summed E-state index contributed by atoms with van der Waals surface area (Å²) in [7, 11) is -1.70. The van der Waals surface area contributed by atoms with E-state index in [1.807, 2.05) is 5.38 Å². The van der Waals surface area contributed by atoms with E-state index in [0.29, 0.717) is 26.0 Å². The molecule has 1 aromatic carbocycles. The smallest absolute Gasteiger partial charge is 0.271 e. The minimum atomic E-state index is -3.36. The van der Waals surface area contributed by atoms with E-state index < -0.39 is 9.84 Å². The average Bonchev–Trinajstić information content (AvgIpc) is 3.01. The predicted octanol–water partition coefficient (Wildman–Crippen LogP) is 3.32. The molecule has 2 aromatic heterocycles. The van der Waals surface area contributed by atoms with E-state index in [9.17, 15) is 13.2 Å². The van der Waals surface area contributed by atoms with Gasteiger partial charge in [-0.2, -0.15) is 0 Å². The quantitative estimate of drug-likeness (QED) is 0.445. The molecule has 0 fully saturated rings. The molecule has 3 rings (SSSR count). The van der Waals surface area contributed by atoms with Crippen LogP contribution in [0, 0.1) is 0 Å². The zero-order valence-corrected chi connectivity index (χ0v) is 16.6. The Hall–Kier alpha value is -1.16. The van der Waals surface area contributed by atoms with Gasteiger partial charge in [0.25, 0.3) is 5.56 Å². The van der Waals surface area contributed by atoms with Gasteiger partial charge < -0.3 is 0 Å². The van der Waals surface area contributed by atoms with Crippen molar-refractivity contribution in [1.29, 1.82) is 0 Å². The first-order valence-electron chi connectivity index (χ1n) is 6.94. The molecule has 0 spiro atoms. The van der Waals surface area contributed by atoms with Gasteiger partial charge >= 0.3 is 0 Å². The summed E-state index contributed by atoms with van der Waals surface area (Å²) in [6.07, 6.45) is 0. The van der Waals surface area contributed by atoms with E-state index in [1.165, 1.54) is 27.7 Å². The van der Waals surface area contributed by atoms with Gasteiger partial charge in [0.05, 0.1) is 16.2 Å². The minimum Gasteiger partial charge on any atom is -0.290 e. The first-order chi connectivity index (χ1) is 11.4. The molecule has 9 heteroatoms. The third-order valence-electron chi connectivity index (χ3n) is 3.40. The van der Waals surface area contributed by atoms with Gasteiger partial charge in [0.1, 0.15) is 4.70 Å². The molecule has 126 valence electrons. The van der Waals surface area contributed by atoms with Crippen molar-refractivity contribution in [2.75, 3.05) is 11.5 Å². The molecule has 2 heterocycles. The van der Waals surface area contributed by atoms with Gasteiger partial charge in [-0.1, -0.05) is 27.7 Å². The lowest BCUT2D eigenvalue weighted by atomic mass is 10.4. The van der Waals surface area contributed by atoms with Crippen LogP contribution in [0.1, 0.15) is 0 Å². The fourth-order valence-electron chi connectivity index (χ4n) is 2.10. The molecule has 0 atom stereocenters. The van der Waals surface area contributed by atoms with Gasteiger partial charge in [0.2, 0.25) is 0 Å². The Kier molecular flexibility index (Phi) is 5.14. The zero-order chi connectivity index (χ0) is 17.3. The molecule has 0 aliphatic carbocycles. The fraction of sp³-hybridized carbons (Fsp3) is 0.200. The second kappa shape index (κ2) is 6.99. The number of nitrogens with zero attached hydrogens (tertiary/aromatic N) is 2. The van der Waals surface area contributed by atoms with Gasteiger partial charge in [-0.05, 0) is 35.7 Å². The van der Waals surface area contributed by atoms with Crippen LogP contribution in [0.2, 0.25) is 0 Å².